The van der Waals surface area contributed by atoms with E-state index in [2.05, 4.69) is 0 Å². The van der Waals surface area contributed by atoms with Crippen molar-refractivity contribution in [1.82, 2.24) is 0 Å². The summed E-state index contributed by atoms with van der Waals surface area (Å²) in [4.78, 5) is 14.2. The van der Waals surface area contributed by atoms with Gasteiger partial charge in [0.15, 0.2) is 0 Å². The van der Waals surface area contributed by atoms with Crippen LogP contribution < -0.4 is 0 Å². The number of hydrogen-bond acceptors (Lipinski definition) is 4. The van der Waals surface area contributed by atoms with Gasteiger partial charge in [-0.2, -0.15) is 0 Å². The first-order chi connectivity index (χ1) is 11.7. The lowest BCUT2D eigenvalue weighted by Crippen LogP contribution is -2.05. The summed E-state index contributed by atoms with van der Waals surface area (Å²) in [6.45, 7) is 0. The molecule has 0 atom stereocenters. The summed E-state index contributed by atoms with van der Waals surface area (Å²) < 4.78 is 4.88. The number of esters is 1. The molecule has 0 spiro atoms. The highest BCUT2D eigenvalue weighted by Crippen LogP contribution is 2.41. The van der Waals surface area contributed by atoms with Gasteiger partial charge in [-0.05, 0) is 29.8 Å². The van der Waals surface area contributed by atoms with Crippen molar-refractivity contribution in [2.75, 3.05) is 7.11 Å². The molecule has 3 nitrogen and oxygen atoms in total. The van der Waals surface area contributed by atoms with Gasteiger partial charge in [0.2, 0.25) is 0 Å². The van der Waals surface area contributed by atoms with Crippen LogP contribution >= 0.6 is 11.8 Å². The van der Waals surface area contributed by atoms with Crippen molar-refractivity contribution in [3.8, 4) is 16.9 Å². The van der Waals surface area contributed by atoms with Gasteiger partial charge >= 0.3 is 5.97 Å². The Morgan fingerprint density at radius 2 is 1.54 bits per heavy atom. The molecular formula is C20H16O3S. The van der Waals surface area contributed by atoms with Crippen LogP contribution in [0.2, 0.25) is 0 Å². The van der Waals surface area contributed by atoms with Crippen LogP contribution in [0, 0.1) is 0 Å². The van der Waals surface area contributed by atoms with Crippen molar-refractivity contribution < 1.29 is 14.6 Å². The molecular weight excluding hydrogens is 320 g/mol. The molecule has 120 valence electrons. The van der Waals surface area contributed by atoms with E-state index < -0.39 is 5.97 Å². The number of carbonyl (C=O) groups excluding carboxylic acids is 1. The number of ether oxygens (including phenoxy) is 1. The normalized spacial score (nSPS) is 10.4. The highest BCUT2D eigenvalue weighted by atomic mass is 32.2. The van der Waals surface area contributed by atoms with Gasteiger partial charge in [-0.25, -0.2) is 4.79 Å². The number of benzene rings is 3. The molecule has 0 bridgehead atoms. The number of methoxy groups -OCH3 is 1. The number of hydrogen-bond donors (Lipinski definition) is 1. The second-order valence-electron chi connectivity index (χ2n) is 5.11. The molecule has 0 heterocycles. The number of phenolic OH excluding ortho intramolecular Hbond substituents is 1. The molecule has 1 N–H and O–H groups in total. The zero-order valence-corrected chi connectivity index (χ0v) is 13.9. The highest BCUT2D eigenvalue weighted by molar-refractivity contribution is 7.99. The summed E-state index contributed by atoms with van der Waals surface area (Å²) in [6.07, 6.45) is 0. The Kier molecular flexibility index (Phi) is 4.87. The standard InChI is InChI=1S/C20H16O3S/c1-23-20(22)19-16(21)12-13-17(24-15-10-6-3-7-11-15)18(19)14-8-4-2-5-9-14/h2-13,21H,1H3. The molecule has 0 aliphatic rings. The van der Waals surface area contributed by atoms with E-state index >= 15 is 0 Å². The zero-order chi connectivity index (χ0) is 16.9. The average molecular weight is 336 g/mol. The SMILES string of the molecule is COC(=O)c1c(O)ccc(Sc2ccccc2)c1-c1ccccc1. The fraction of sp³-hybridized carbons (Fsp3) is 0.0500. The van der Waals surface area contributed by atoms with Crippen LogP contribution in [0.25, 0.3) is 11.1 Å². The molecule has 24 heavy (non-hydrogen) atoms. The molecule has 0 amide bonds. The first kappa shape index (κ1) is 16.1. The van der Waals surface area contributed by atoms with E-state index in [9.17, 15) is 9.90 Å². The van der Waals surface area contributed by atoms with Crippen molar-refractivity contribution in [2.24, 2.45) is 0 Å². The van der Waals surface area contributed by atoms with E-state index in [0.29, 0.717) is 5.56 Å². The topological polar surface area (TPSA) is 46.5 Å². The molecule has 0 aliphatic carbocycles. The summed E-state index contributed by atoms with van der Waals surface area (Å²) >= 11 is 1.54. The largest absolute Gasteiger partial charge is 0.507 e. The molecule has 3 aromatic rings. The minimum atomic E-state index is -0.554. The summed E-state index contributed by atoms with van der Waals surface area (Å²) in [5.74, 6) is -0.639. The third-order valence-corrected chi connectivity index (χ3v) is 4.64. The summed E-state index contributed by atoms with van der Waals surface area (Å²) in [7, 11) is 1.31. The molecule has 0 radical (unpaired) electrons. The van der Waals surface area contributed by atoms with Gasteiger partial charge in [-0.15, -0.1) is 0 Å². The number of carbonyl (C=O) groups is 1. The third kappa shape index (κ3) is 3.29. The molecule has 4 heteroatoms. The van der Waals surface area contributed by atoms with Crippen LogP contribution in [0.4, 0.5) is 0 Å². The molecule has 3 rings (SSSR count). The number of aromatic hydroxyl groups is 1. The fourth-order valence-corrected chi connectivity index (χ4v) is 3.48. The van der Waals surface area contributed by atoms with Crippen LogP contribution in [-0.4, -0.2) is 18.2 Å². The quantitative estimate of drug-likeness (QED) is 0.681. The van der Waals surface area contributed by atoms with Crippen molar-refractivity contribution in [1.29, 1.82) is 0 Å². The van der Waals surface area contributed by atoms with E-state index in [1.165, 1.54) is 13.2 Å². The Bertz CT molecular complexity index is 846. The monoisotopic (exact) mass is 336 g/mol. The maximum absolute atomic E-state index is 12.2. The lowest BCUT2D eigenvalue weighted by Gasteiger charge is -2.15. The van der Waals surface area contributed by atoms with Crippen LogP contribution in [0.5, 0.6) is 5.75 Å². The average Bonchev–Trinajstić information content (AvgIpc) is 2.64. The van der Waals surface area contributed by atoms with Crippen LogP contribution in [0.1, 0.15) is 10.4 Å². The van der Waals surface area contributed by atoms with E-state index in [1.807, 2.05) is 66.7 Å². The molecule has 0 saturated heterocycles. The van der Waals surface area contributed by atoms with Gasteiger partial charge in [0.25, 0.3) is 0 Å². The summed E-state index contributed by atoms with van der Waals surface area (Å²) in [6, 6.07) is 22.8. The van der Waals surface area contributed by atoms with Crippen LogP contribution in [0.15, 0.2) is 82.6 Å². The van der Waals surface area contributed by atoms with E-state index in [-0.39, 0.29) is 11.3 Å². The lowest BCUT2D eigenvalue weighted by atomic mass is 9.98. The Labute approximate surface area is 144 Å². The highest BCUT2D eigenvalue weighted by Gasteiger charge is 2.22. The minimum Gasteiger partial charge on any atom is -0.507 e. The summed E-state index contributed by atoms with van der Waals surface area (Å²) in [5.41, 5.74) is 1.72. The predicted molar refractivity (Wildman–Crippen MR) is 95.4 cm³/mol. The molecule has 3 aromatic carbocycles. The lowest BCUT2D eigenvalue weighted by molar-refractivity contribution is 0.0598. The predicted octanol–water partition coefficient (Wildman–Crippen LogP) is 5.00. The van der Waals surface area contributed by atoms with Crippen molar-refractivity contribution in [3.05, 3.63) is 78.4 Å². The first-order valence-electron chi connectivity index (χ1n) is 7.43. The first-order valence-corrected chi connectivity index (χ1v) is 8.25. The second-order valence-corrected chi connectivity index (χ2v) is 6.22. The van der Waals surface area contributed by atoms with Gasteiger partial charge in [0.1, 0.15) is 11.3 Å². The number of phenols is 1. The minimum absolute atomic E-state index is 0.0851. The molecule has 0 unspecified atom stereocenters. The Balaban J connectivity index is 2.20. The van der Waals surface area contributed by atoms with Crippen molar-refractivity contribution in [2.45, 2.75) is 9.79 Å². The van der Waals surface area contributed by atoms with Gasteiger partial charge in [-0.3, -0.25) is 0 Å². The summed E-state index contributed by atoms with van der Waals surface area (Å²) in [5, 5.41) is 10.2. The van der Waals surface area contributed by atoms with Crippen molar-refractivity contribution >= 4 is 17.7 Å². The molecule has 0 aromatic heterocycles. The van der Waals surface area contributed by atoms with E-state index in [1.54, 1.807) is 11.8 Å². The fourth-order valence-electron chi connectivity index (χ4n) is 2.47. The smallest absolute Gasteiger partial charge is 0.342 e. The van der Waals surface area contributed by atoms with E-state index in [0.717, 1.165) is 15.4 Å². The Morgan fingerprint density at radius 1 is 0.917 bits per heavy atom. The van der Waals surface area contributed by atoms with Crippen LogP contribution in [-0.2, 0) is 4.74 Å². The third-order valence-electron chi connectivity index (χ3n) is 3.57. The number of rotatable bonds is 4. The van der Waals surface area contributed by atoms with Crippen LogP contribution in [0.3, 0.4) is 0 Å². The molecule has 0 fully saturated rings. The van der Waals surface area contributed by atoms with E-state index in [4.69, 9.17) is 4.74 Å². The van der Waals surface area contributed by atoms with Gasteiger partial charge < -0.3 is 9.84 Å². The van der Waals surface area contributed by atoms with Gasteiger partial charge in [0, 0.05) is 15.4 Å². The maximum atomic E-state index is 12.2. The zero-order valence-electron chi connectivity index (χ0n) is 13.1. The Morgan fingerprint density at radius 3 is 2.17 bits per heavy atom. The van der Waals surface area contributed by atoms with Crippen molar-refractivity contribution in [3.63, 3.8) is 0 Å². The second kappa shape index (κ2) is 7.23. The molecule has 0 aliphatic heterocycles. The maximum Gasteiger partial charge on any atom is 0.342 e. The van der Waals surface area contributed by atoms with Gasteiger partial charge in [0.05, 0.1) is 7.11 Å². The molecule has 0 saturated carbocycles. The Hall–Kier alpha value is -2.72. The van der Waals surface area contributed by atoms with Gasteiger partial charge in [-0.1, -0.05) is 60.3 Å².